The van der Waals surface area contributed by atoms with Crippen molar-refractivity contribution in [1.29, 1.82) is 0 Å². The minimum absolute atomic E-state index is 0.416. The highest BCUT2D eigenvalue weighted by Crippen LogP contribution is 2.32. The van der Waals surface area contributed by atoms with E-state index in [-0.39, 0.29) is 0 Å². The predicted octanol–water partition coefficient (Wildman–Crippen LogP) is 3.97. The van der Waals surface area contributed by atoms with Gasteiger partial charge in [0.15, 0.2) is 0 Å². The Labute approximate surface area is 107 Å². The molecular weight excluding hydrogens is 226 g/mol. The van der Waals surface area contributed by atoms with E-state index >= 15 is 0 Å². The third kappa shape index (κ3) is 2.69. The maximum atomic E-state index is 5.30. The molecule has 2 rings (SSSR count). The Morgan fingerprint density at radius 1 is 1.41 bits per heavy atom. The lowest BCUT2D eigenvalue weighted by atomic mass is 10.0. The molecule has 0 amide bonds. The molecule has 0 radical (unpaired) electrons. The lowest BCUT2D eigenvalue weighted by Crippen LogP contribution is -2.15. The van der Waals surface area contributed by atoms with Crippen molar-refractivity contribution < 1.29 is 0 Å². The molecule has 1 N–H and O–H groups in total. The molecule has 1 heterocycles. The van der Waals surface area contributed by atoms with Gasteiger partial charge in [-0.1, -0.05) is 18.2 Å². The quantitative estimate of drug-likeness (QED) is 0.619. The van der Waals surface area contributed by atoms with Crippen molar-refractivity contribution in [3.63, 3.8) is 0 Å². The molecule has 17 heavy (non-hydrogen) atoms. The van der Waals surface area contributed by atoms with Crippen molar-refractivity contribution in [2.24, 2.45) is 0 Å². The number of fused-ring (bicyclic) bond motifs is 1. The highest BCUT2D eigenvalue weighted by atomic mass is 32.1. The van der Waals surface area contributed by atoms with Crippen LogP contribution in [0.5, 0.6) is 0 Å². The largest absolute Gasteiger partial charge is 0.313 e. The van der Waals surface area contributed by atoms with Gasteiger partial charge in [0, 0.05) is 17.2 Å². The van der Waals surface area contributed by atoms with E-state index < -0.39 is 0 Å². The molecule has 1 atom stereocenters. The predicted molar refractivity (Wildman–Crippen MR) is 76.3 cm³/mol. The van der Waals surface area contributed by atoms with Gasteiger partial charge in [0.25, 0.3) is 0 Å². The Kier molecular flexibility index (Phi) is 4.19. The molecule has 1 unspecified atom stereocenters. The third-order valence-electron chi connectivity index (χ3n) is 3.05. The Balaban J connectivity index is 2.21. The van der Waals surface area contributed by atoms with E-state index in [4.69, 9.17) is 6.42 Å². The van der Waals surface area contributed by atoms with E-state index in [1.165, 1.54) is 15.6 Å². The number of nitrogens with one attached hydrogen (secondary N) is 1. The molecule has 1 nitrogen and oxygen atoms in total. The summed E-state index contributed by atoms with van der Waals surface area (Å²) in [5.41, 5.74) is 1.41. The second-order valence-electron chi connectivity index (χ2n) is 4.12. The first kappa shape index (κ1) is 12.2. The number of terminal acetylenes is 1. The molecule has 0 aliphatic heterocycles. The van der Waals surface area contributed by atoms with Crippen molar-refractivity contribution in [2.45, 2.75) is 25.3 Å². The number of unbranched alkanes of at least 4 members (excludes halogenated alkanes) is 1. The van der Waals surface area contributed by atoms with E-state index in [0.717, 1.165) is 19.3 Å². The van der Waals surface area contributed by atoms with Crippen LogP contribution in [-0.4, -0.2) is 7.05 Å². The van der Waals surface area contributed by atoms with Gasteiger partial charge in [-0.05, 0) is 42.3 Å². The fourth-order valence-electron chi connectivity index (χ4n) is 2.13. The second-order valence-corrected chi connectivity index (χ2v) is 5.04. The summed E-state index contributed by atoms with van der Waals surface area (Å²) in [6, 6.07) is 8.99. The van der Waals surface area contributed by atoms with E-state index in [9.17, 15) is 0 Å². The maximum absolute atomic E-state index is 5.30. The van der Waals surface area contributed by atoms with Gasteiger partial charge in [-0.3, -0.25) is 0 Å². The molecule has 1 aromatic carbocycles. The summed E-state index contributed by atoms with van der Waals surface area (Å²) >= 11 is 1.82. The van der Waals surface area contributed by atoms with Crippen LogP contribution in [-0.2, 0) is 0 Å². The Morgan fingerprint density at radius 2 is 2.24 bits per heavy atom. The van der Waals surface area contributed by atoms with Gasteiger partial charge in [-0.15, -0.1) is 23.7 Å². The lowest BCUT2D eigenvalue weighted by molar-refractivity contribution is 0.536. The monoisotopic (exact) mass is 243 g/mol. The fraction of sp³-hybridized carbons (Fsp3) is 0.333. The molecule has 0 bridgehead atoms. The Hall–Kier alpha value is -1.30. The van der Waals surface area contributed by atoms with E-state index in [2.05, 4.69) is 40.9 Å². The number of hydrogen-bond donors (Lipinski definition) is 1. The minimum Gasteiger partial charge on any atom is -0.313 e. The number of hydrogen-bond acceptors (Lipinski definition) is 2. The van der Waals surface area contributed by atoms with Crippen LogP contribution in [0.15, 0.2) is 29.6 Å². The molecule has 0 fully saturated rings. The van der Waals surface area contributed by atoms with Gasteiger partial charge in [0.05, 0.1) is 0 Å². The molecule has 2 heteroatoms. The number of rotatable bonds is 5. The Morgan fingerprint density at radius 3 is 3.00 bits per heavy atom. The zero-order valence-corrected chi connectivity index (χ0v) is 10.9. The summed E-state index contributed by atoms with van der Waals surface area (Å²) in [6.07, 6.45) is 8.33. The van der Waals surface area contributed by atoms with Crippen LogP contribution in [0.4, 0.5) is 0 Å². The lowest BCUT2D eigenvalue weighted by Gasteiger charge is -2.15. The van der Waals surface area contributed by atoms with Crippen LogP contribution >= 0.6 is 11.3 Å². The molecule has 0 aliphatic rings. The first-order valence-electron chi connectivity index (χ1n) is 5.93. The van der Waals surface area contributed by atoms with Crippen LogP contribution in [0.3, 0.4) is 0 Å². The van der Waals surface area contributed by atoms with Gasteiger partial charge in [-0.25, -0.2) is 0 Å². The highest BCUT2D eigenvalue weighted by Gasteiger charge is 2.13. The van der Waals surface area contributed by atoms with Gasteiger partial charge in [-0.2, -0.15) is 0 Å². The van der Waals surface area contributed by atoms with E-state index in [1.807, 2.05) is 18.4 Å². The fourth-order valence-corrected chi connectivity index (χ4v) is 3.15. The smallest absolute Gasteiger partial charge is 0.0346 e. The molecule has 1 aromatic heterocycles. The van der Waals surface area contributed by atoms with Crippen molar-refractivity contribution in [1.82, 2.24) is 5.32 Å². The molecular formula is C15H17NS. The third-order valence-corrected chi connectivity index (χ3v) is 4.03. The summed E-state index contributed by atoms with van der Waals surface area (Å²) in [7, 11) is 2.02. The van der Waals surface area contributed by atoms with Crippen LogP contribution < -0.4 is 5.32 Å². The maximum Gasteiger partial charge on any atom is 0.0346 e. The molecule has 88 valence electrons. The van der Waals surface area contributed by atoms with Crippen molar-refractivity contribution in [3.05, 3.63) is 35.2 Å². The summed E-state index contributed by atoms with van der Waals surface area (Å²) in [5.74, 6) is 2.70. The zero-order chi connectivity index (χ0) is 12.1. The SMILES string of the molecule is C#CCCCC(NC)c1csc2ccccc12. The van der Waals surface area contributed by atoms with Crippen LogP contribution in [0.25, 0.3) is 10.1 Å². The molecule has 0 saturated heterocycles. The summed E-state index contributed by atoms with van der Waals surface area (Å²) in [4.78, 5) is 0. The van der Waals surface area contributed by atoms with Gasteiger partial charge < -0.3 is 5.32 Å². The van der Waals surface area contributed by atoms with Crippen molar-refractivity contribution in [3.8, 4) is 12.3 Å². The molecule has 0 spiro atoms. The second kappa shape index (κ2) is 5.86. The average molecular weight is 243 g/mol. The van der Waals surface area contributed by atoms with Crippen LogP contribution in [0.2, 0.25) is 0 Å². The molecule has 0 aliphatic carbocycles. The normalized spacial score (nSPS) is 12.5. The summed E-state index contributed by atoms with van der Waals surface area (Å²) in [6.45, 7) is 0. The Bertz CT molecular complexity index is 521. The van der Waals surface area contributed by atoms with E-state index in [1.54, 1.807) is 0 Å². The van der Waals surface area contributed by atoms with Crippen molar-refractivity contribution >= 4 is 21.4 Å². The highest BCUT2D eigenvalue weighted by molar-refractivity contribution is 7.17. The molecule has 2 aromatic rings. The first-order valence-corrected chi connectivity index (χ1v) is 6.81. The number of thiophene rings is 1. The summed E-state index contributed by atoms with van der Waals surface area (Å²) < 4.78 is 1.36. The van der Waals surface area contributed by atoms with Gasteiger partial charge >= 0.3 is 0 Å². The number of benzene rings is 1. The van der Waals surface area contributed by atoms with Crippen LogP contribution in [0.1, 0.15) is 30.9 Å². The topological polar surface area (TPSA) is 12.0 Å². The standard InChI is InChI=1S/C15H17NS/c1-3-4-5-9-14(16-2)13-11-17-15-10-7-6-8-12(13)15/h1,6-8,10-11,14,16H,4-5,9H2,2H3. The zero-order valence-electron chi connectivity index (χ0n) is 10.1. The summed E-state index contributed by atoms with van der Waals surface area (Å²) in [5, 5.41) is 7.03. The van der Waals surface area contributed by atoms with E-state index in [0.29, 0.717) is 6.04 Å². The molecule has 0 saturated carbocycles. The van der Waals surface area contributed by atoms with Gasteiger partial charge in [0.2, 0.25) is 0 Å². The van der Waals surface area contributed by atoms with Crippen LogP contribution in [0, 0.1) is 12.3 Å². The van der Waals surface area contributed by atoms with Gasteiger partial charge in [0.1, 0.15) is 0 Å². The van der Waals surface area contributed by atoms with Crippen molar-refractivity contribution in [2.75, 3.05) is 7.05 Å². The first-order chi connectivity index (χ1) is 8.36. The minimum atomic E-state index is 0.416. The average Bonchev–Trinajstić information content (AvgIpc) is 2.79.